The molecule has 404 valence electrons. The van der Waals surface area contributed by atoms with Crippen LogP contribution in [-0.4, -0.2) is 291 Å². The van der Waals surface area contributed by atoms with E-state index in [2.05, 4.69) is 0 Å². The van der Waals surface area contributed by atoms with Crippen LogP contribution in [0.5, 0.6) is 0 Å². The van der Waals surface area contributed by atoms with Crippen molar-refractivity contribution in [3.05, 3.63) is 0 Å². The Morgan fingerprint density at radius 3 is 0.313 bits per heavy atom. The second-order valence-electron chi connectivity index (χ2n) is 13.4. The molecule has 22 heteroatoms. The lowest BCUT2D eigenvalue weighted by molar-refractivity contribution is -0.0316. The number of hydrogen-bond acceptors (Lipinski definition) is 22. The summed E-state index contributed by atoms with van der Waals surface area (Å²) in [5, 5.41) is 0. The molecule has 0 heterocycles. The van der Waals surface area contributed by atoms with Crippen molar-refractivity contribution in [3.63, 3.8) is 0 Å². The average Bonchev–Trinajstić information content (AvgIpc) is 3.34. The lowest BCUT2D eigenvalue weighted by Gasteiger charge is -2.09. The van der Waals surface area contributed by atoms with Crippen LogP contribution in [0.4, 0.5) is 0 Å². The van der Waals surface area contributed by atoms with Gasteiger partial charge in [0.05, 0.1) is 277 Å². The highest BCUT2D eigenvalue weighted by Gasteiger charge is 1.99. The summed E-state index contributed by atoms with van der Waals surface area (Å²) in [7, 11) is 1.64. The van der Waals surface area contributed by atoms with E-state index in [9.17, 15) is 0 Å². The molecule has 0 aromatic rings. The largest absolute Gasteiger partial charge is 0.382 e. The highest BCUT2D eigenvalue weighted by molar-refractivity contribution is 4.42. The summed E-state index contributed by atoms with van der Waals surface area (Å²) in [6.45, 7) is 24.3. The molecule has 0 unspecified atom stereocenters. The molecular formula is C45H92O22. The maximum absolute atomic E-state index is 5.52. The van der Waals surface area contributed by atoms with Crippen molar-refractivity contribution in [1.82, 2.24) is 0 Å². The first-order valence-corrected chi connectivity index (χ1v) is 24.0. The van der Waals surface area contributed by atoms with Gasteiger partial charge in [0.1, 0.15) is 0 Å². The number of rotatable bonds is 64. The summed E-state index contributed by atoms with van der Waals surface area (Å²) >= 11 is 0. The lowest BCUT2D eigenvalue weighted by atomic mass is 10.6. The van der Waals surface area contributed by atoms with Gasteiger partial charge in [0.2, 0.25) is 0 Å². The molecule has 0 aliphatic rings. The van der Waals surface area contributed by atoms with Crippen molar-refractivity contribution in [2.75, 3.05) is 291 Å². The lowest BCUT2D eigenvalue weighted by Crippen LogP contribution is -2.16. The summed E-state index contributed by atoms with van der Waals surface area (Å²) in [6, 6.07) is 0. The van der Waals surface area contributed by atoms with E-state index in [1.54, 1.807) is 7.11 Å². The maximum Gasteiger partial charge on any atom is 0.0701 e. The van der Waals surface area contributed by atoms with E-state index < -0.39 is 0 Å². The average molecular weight is 985 g/mol. The fourth-order valence-electron chi connectivity index (χ4n) is 4.68. The van der Waals surface area contributed by atoms with Gasteiger partial charge in [0.25, 0.3) is 0 Å². The summed E-state index contributed by atoms with van der Waals surface area (Å²) in [4.78, 5) is 0. The third kappa shape index (κ3) is 65.1. The van der Waals surface area contributed by atoms with Crippen molar-refractivity contribution in [2.45, 2.75) is 6.92 Å². The van der Waals surface area contributed by atoms with Crippen LogP contribution in [0.2, 0.25) is 0 Å². The highest BCUT2D eigenvalue weighted by atomic mass is 16.6. The Hall–Kier alpha value is -0.880. The number of ether oxygens (including phenoxy) is 22. The molecule has 0 aromatic carbocycles. The normalized spacial score (nSPS) is 11.7. The van der Waals surface area contributed by atoms with Gasteiger partial charge >= 0.3 is 0 Å². The monoisotopic (exact) mass is 985 g/mol. The first-order chi connectivity index (χ1) is 33.4. The van der Waals surface area contributed by atoms with Crippen LogP contribution in [0.1, 0.15) is 6.92 Å². The summed E-state index contributed by atoms with van der Waals surface area (Å²) < 4.78 is 120. The standard InChI is InChI=1S/C45H92O22/c1-3-47-6-7-49-10-11-51-14-15-53-18-19-55-22-23-57-26-27-59-30-31-61-34-35-63-38-39-65-42-43-67-45-44-66-41-40-64-37-36-62-33-32-60-29-28-58-25-24-56-21-20-54-17-16-52-13-12-50-9-8-48-5-4-46-2/h3-45H2,1-2H3. The van der Waals surface area contributed by atoms with Crippen molar-refractivity contribution >= 4 is 0 Å². The third-order valence-corrected chi connectivity index (χ3v) is 8.08. The molecule has 0 saturated heterocycles. The Labute approximate surface area is 401 Å². The minimum Gasteiger partial charge on any atom is -0.382 e. The summed E-state index contributed by atoms with van der Waals surface area (Å²) in [5.41, 5.74) is 0. The van der Waals surface area contributed by atoms with Crippen molar-refractivity contribution < 1.29 is 104 Å². The summed E-state index contributed by atoms with van der Waals surface area (Å²) in [6.07, 6.45) is 0. The molecule has 0 aliphatic carbocycles. The van der Waals surface area contributed by atoms with E-state index in [4.69, 9.17) is 104 Å². The van der Waals surface area contributed by atoms with E-state index in [0.717, 1.165) is 0 Å². The Bertz CT molecular complexity index is 780. The molecule has 67 heavy (non-hydrogen) atoms. The van der Waals surface area contributed by atoms with Gasteiger partial charge in [0, 0.05) is 13.7 Å². The fourth-order valence-corrected chi connectivity index (χ4v) is 4.68. The van der Waals surface area contributed by atoms with Gasteiger partial charge in [-0.25, -0.2) is 0 Å². The molecule has 0 N–H and O–H groups in total. The second-order valence-corrected chi connectivity index (χ2v) is 13.4. The van der Waals surface area contributed by atoms with Gasteiger partial charge in [-0.3, -0.25) is 0 Å². The summed E-state index contributed by atoms with van der Waals surface area (Å²) in [5.74, 6) is 0. The van der Waals surface area contributed by atoms with E-state index in [1.807, 2.05) is 6.92 Å². The first-order valence-electron chi connectivity index (χ1n) is 24.0. The molecule has 0 aromatic heterocycles. The van der Waals surface area contributed by atoms with E-state index >= 15 is 0 Å². The zero-order chi connectivity index (χ0) is 48.0. The minimum atomic E-state index is 0.492. The van der Waals surface area contributed by atoms with Crippen LogP contribution in [0, 0.1) is 0 Å². The Morgan fingerprint density at radius 2 is 0.224 bits per heavy atom. The smallest absolute Gasteiger partial charge is 0.0701 e. The van der Waals surface area contributed by atoms with Gasteiger partial charge in [-0.2, -0.15) is 0 Å². The first kappa shape index (κ1) is 66.1. The van der Waals surface area contributed by atoms with Crippen molar-refractivity contribution in [1.29, 1.82) is 0 Å². The highest BCUT2D eigenvalue weighted by Crippen LogP contribution is 1.90. The van der Waals surface area contributed by atoms with Gasteiger partial charge in [-0.15, -0.1) is 0 Å². The third-order valence-electron chi connectivity index (χ3n) is 8.08. The van der Waals surface area contributed by atoms with Crippen LogP contribution < -0.4 is 0 Å². The molecule has 0 amide bonds. The van der Waals surface area contributed by atoms with Crippen LogP contribution in [-0.2, 0) is 104 Å². The van der Waals surface area contributed by atoms with E-state index in [1.165, 1.54) is 0 Å². The Morgan fingerprint density at radius 1 is 0.134 bits per heavy atom. The predicted octanol–water partition coefficient (Wildman–Crippen LogP) is 1.00. The molecule has 0 atom stereocenters. The zero-order valence-corrected chi connectivity index (χ0v) is 41.4. The topological polar surface area (TPSA) is 203 Å². The van der Waals surface area contributed by atoms with Crippen LogP contribution in [0.25, 0.3) is 0 Å². The Kier molecular flexibility index (Phi) is 64.3. The number of methoxy groups -OCH3 is 1. The molecule has 0 spiro atoms. The van der Waals surface area contributed by atoms with E-state index in [0.29, 0.717) is 284 Å². The van der Waals surface area contributed by atoms with Gasteiger partial charge in [0.15, 0.2) is 0 Å². The molecule has 22 nitrogen and oxygen atoms in total. The Balaban J connectivity index is 3.07. The molecule has 0 rings (SSSR count). The van der Waals surface area contributed by atoms with Crippen molar-refractivity contribution in [3.8, 4) is 0 Å². The predicted molar refractivity (Wildman–Crippen MR) is 245 cm³/mol. The molecule has 0 radical (unpaired) electrons. The van der Waals surface area contributed by atoms with Gasteiger partial charge in [-0.05, 0) is 6.92 Å². The van der Waals surface area contributed by atoms with Gasteiger partial charge < -0.3 is 104 Å². The SMILES string of the molecule is CCOCCOCCOCCOCCOCCOCCOCCOCCOCCOCCOCCOCCOCCOCCOCCOCCOCCOCCOCCOCCOCCOC. The van der Waals surface area contributed by atoms with Crippen LogP contribution >= 0.6 is 0 Å². The molecular weight excluding hydrogens is 892 g/mol. The number of hydrogen-bond donors (Lipinski definition) is 0. The minimum absolute atomic E-state index is 0.492. The quantitative estimate of drug-likeness (QED) is 0.0781. The molecule has 0 fully saturated rings. The second kappa shape index (κ2) is 65.1. The molecule has 0 saturated carbocycles. The maximum atomic E-state index is 5.52. The van der Waals surface area contributed by atoms with Gasteiger partial charge in [-0.1, -0.05) is 0 Å². The molecule has 0 bridgehead atoms. The fraction of sp³-hybridized carbons (Fsp3) is 1.00. The van der Waals surface area contributed by atoms with Crippen LogP contribution in [0.15, 0.2) is 0 Å². The zero-order valence-electron chi connectivity index (χ0n) is 41.4. The van der Waals surface area contributed by atoms with Crippen LogP contribution in [0.3, 0.4) is 0 Å². The molecule has 0 aliphatic heterocycles. The van der Waals surface area contributed by atoms with Crippen molar-refractivity contribution in [2.24, 2.45) is 0 Å². The van der Waals surface area contributed by atoms with E-state index in [-0.39, 0.29) is 0 Å².